The molecule has 1 N–H and O–H groups in total. The average molecular weight is 332 g/mol. The second kappa shape index (κ2) is 8.18. The maximum absolute atomic E-state index is 12.7. The van der Waals surface area contributed by atoms with E-state index in [4.69, 9.17) is 0 Å². The van der Waals surface area contributed by atoms with Gasteiger partial charge in [-0.2, -0.15) is 0 Å². The van der Waals surface area contributed by atoms with Crippen LogP contribution in [-0.4, -0.2) is 46.9 Å². The van der Waals surface area contributed by atoms with Crippen LogP contribution >= 0.6 is 0 Å². The van der Waals surface area contributed by atoms with Gasteiger partial charge in [-0.15, -0.1) is 0 Å². The van der Waals surface area contributed by atoms with E-state index in [1.807, 2.05) is 24.8 Å². The maximum atomic E-state index is 12.7. The zero-order chi connectivity index (χ0) is 17.7. The van der Waals surface area contributed by atoms with Gasteiger partial charge in [0.25, 0.3) is 0 Å². The Morgan fingerprint density at radius 1 is 1.42 bits per heavy atom. The number of benzene rings is 1. The minimum Gasteiger partial charge on any atom is -0.508 e. The van der Waals surface area contributed by atoms with Gasteiger partial charge in [0.2, 0.25) is 11.8 Å². The van der Waals surface area contributed by atoms with Crippen LogP contribution in [0.2, 0.25) is 0 Å². The largest absolute Gasteiger partial charge is 0.508 e. The molecule has 1 saturated heterocycles. The highest BCUT2D eigenvalue weighted by atomic mass is 16.3. The standard InChI is InChI=1S/C19H28N2O3/c1-4-14(2)18(23)21-10-6-8-16(13-21)19(24)20(3)12-15-7-5-9-17(22)11-15/h5,7,9,11,14,16,22H,4,6,8,10,12-13H2,1-3H3/t14-,16+/m0/s1. The molecule has 0 bridgehead atoms. The van der Waals surface area contributed by atoms with Crippen molar-refractivity contribution in [2.45, 2.75) is 39.7 Å². The van der Waals surface area contributed by atoms with Crippen LogP contribution in [0.1, 0.15) is 38.7 Å². The first-order valence-electron chi connectivity index (χ1n) is 8.74. The van der Waals surface area contributed by atoms with Gasteiger partial charge in [-0.25, -0.2) is 0 Å². The van der Waals surface area contributed by atoms with Crippen LogP contribution in [0, 0.1) is 11.8 Å². The van der Waals surface area contributed by atoms with Gasteiger partial charge < -0.3 is 14.9 Å². The number of amides is 2. The Labute approximate surface area is 144 Å². The SMILES string of the molecule is CC[C@H](C)C(=O)N1CCC[C@@H](C(=O)N(C)Cc2cccc(O)c2)C1. The van der Waals surface area contributed by atoms with E-state index >= 15 is 0 Å². The Morgan fingerprint density at radius 2 is 2.17 bits per heavy atom. The normalized spacial score (nSPS) is 19.0. The molecular formula is C19H28N2O3. The third-order valence-electron chi connectivity index (χ3n) is 4.82. The van der Waals surface area contributed by atoms with Crippen molar-refractivity contribution >= 4 is 11.8 Å². The highest BCUT2D eigenvalue weighted by Crippen LogP contribution is 2.22. The summed E-state index contributed by atoms with van der Waals surface area (Å²) in [5, 5.41) is 9.54. The number of nitrogens with zero attached hydrogens (tertiary/aromatic N) is 2. The van der Waals surface area contributed by atoms with Gasteiger partial charge in [-0.3, -0.25) is 9.59 Å². The van der Waals surface area contributed by atoms with E-state index in [0.29, 0.717) is 13.1 Å². The Kier molecular flexibility index (Phi) is 6.23. The molecule has 1 aliphatic heterocycles. The molecule has 0 unspecified atom stereocenters. The van der Waals surface area contributed by atoms with Crippen molar-refractivity contribution in [2.75, 3.05) is 20.1 Å². The van der Waals surface area contributed by atoms with E-state index < -0.39 is 0 Å². The molecule has 2 atom stereocenters. The molecular weight excluding hydrogens is 304 g/mol. The van der Waals surface area contributed by atoms with Crippen molar-refractivity contribution in [2.24, 2.45) is 11.8 Å². The van der Waals surface area contributed by atoms with Crippen molar-refractivity contribution in [1.29, 1.82) is 0 Å². The summed E-state index contributed by atoms with van der Waals surface area (Å²) in [6, 6.07) is 6.95. The summed E-state index contributed by atoms with van der Waals surface area (Å²) in [5.41, 5.74) is 0.897. The molecule has 0 saturated carbocycles. The second-order valence-corrected chi connectivity index (χ2v) is 6.80. The smallest absolute Gasteiger partial charge is 0.227 e. The number of carbonyl (C=O) groups is 2. The van der Waals surface area contributed by atoms with E-state index in [0.717, 1.165) is 31.4 Å². The maximum Gasteiger partial charge on any atom is 0.227 e. The van der Waals surface area contributed by atoms with Gasteiger partial charge in [0, 0.05) is 32.6 Å². The topological polar surface area (TPSA) is 60.9 Å². The monoisotopic (exact) mass is 332 g/mol. The zero-order valence-corrected chi connectivity index (χ0v) is 14.9. The molecule has 0 radical (unpaired) electrons. The van der Waals surface area contributed by atoms with Crippen LogP contribution in [0.4, 0.5) is 0 Å². The summed E-state index contributed by atoms with van der Waals surface area (Å²) in [6.45, 7) is 5.69. The molecule has 1 aromatic rings. The third kappa shape index (κ3) is 4.49. The van der Waals surface area contributed by atoms with Crippen molar-refractivity contribution in [3.05, 3.63) is 29.8 Å². The molecule has 2 amide bonds. The molecule has 0 spiro atoms. The Balaban J connectivity index is 1.96. The Bertz CT molecular complexity index is 588. The number of piperidine rings is 1. The number of likely N-dealkylation sites (tertiary alicyclic amines) is 1. The number of aromatic hydroxyl groups is 1. The summed E-state index contributed by atoms with van der Waals surface area (Å²) in [6.07, 6.45) is 2.53. The van der Waals surface area contributed by atoms with Gasteiger partial charge in [-0.05, 0) is 37.0 Å². The predicted molar refractivity (Wildman–Crippen MR) is 93.3 cm³/mol. The van der Waals surface area contributed by atoms with E-state index in [9.17, 15) is 14.7 Å². The molecule has 5 heteroatoms. The fourth-order valence-electron chi connectivity index (χ4n) is 3.18. The first-order chi connectivity index (χ1) is 11.4. The highest BCUT2D eigenvalue weighted by Gasteiger charge is 2.31. The summed E-state index contributed by atoms with van der Waals surface area (Å²) in [4.78, 5) is 28.6. The predicted octanol–water partition coefficient (Wildman–Crippen LogP) is 2.64. The van der Waals surface area contributed by atoms with E-state index in [2.05, 4.69) is 0 Å². The number of carbonyl (C=O) groups excluding carboxylic acids is 2. The van der Waals surface area contributed by atoms with Gasteiger partial charge >= 0.3 is 0 Å². The minimum atomic E-state index is -0.130. The molecule has 1 aliphatic rings. The van der Waals surface area contributed by atoms with Crippen LogP contribution in [0.25, 0.3) is 0 Å². The number of rotatable bonds is 5. The Hall–Kier alpha value is -2.04. The molecule has 24 heavy (non-hydrogen) atoms. The lowest BCUT2D eigenvalue weighted by atomic mass is 9.95. The summed E-state index contributed by atoms with van der Waals surface area (Å²) >= 11 is 0. The summed E-state index contributed by atoms with van der Waals surface area (Å²) in [7, 11) is 1.78. The van der Waals surface area contributed by atoms with Crippen LogP contribution in [0.5, 0.6) is 5.75 Å². The number of phenols is 1. The fourth-order valence-corrected chi connectivity index (χ4v) is 3.18. The van der Waals surface area contributed by atoms with Crippen LogP contribution in [-0.2, 0) is 16.1 Å². The first-order valence-corrected chi connectivity index (χ1v) is 8.74. The van der Waals surface area contributed by atoms with Gasteiger partial charge in [0.05, 0.1) is 5.92 Å². The van der Waals surface area contributed by atoms with Crippen LogP contribution < -0.4 is 0 Å². The third-order valence-corrected chi connectivity index (χ3v) is 4.82. The van der Waals surface area contributed by atoms with Crippen LogP contribution in [0.3, 0.4) is 0 Å². The first kappa shape index (κ1) is 18.3. The van der Waals surface area contributed by atoms with Gasteiger partial charge in [0.15, 0.2) is 0 Å². The number of hydrogen-bond donors (Lipinski definition) is 1. The van der Waals surface area contributed by atoms with Crippen molar-refractivity contribution < 1.29 is 14.7 Å². The van der Waals surface area contributed by atoms with Crippen molar-refractivity contribution in [3.8, 4) is 5.75 Å². The van der Waals surface area contributed by atoms with E-state index in [-0.39, 0.29) is 29.4 Å². The molecule has 1 heterocycles. The molecule has 132 valence electrons. The lowest BCUT2D eigenvalue weighted by Gasteiger charge is -2.35. The fraction of sp³-hybridized carbons (Fsp3) is 0.579. The van der Waals surface area contributed by atoms with E-state index in [1.54, 1.807) is 30.1 Å². The minimum absolute atomic E-state index is 0.0175. The Morgan fingerprint density at radius 3 is 2.83 bits per heavy atom. The number of phenolic OH excluding ortho intramolecular Hbond substituents is 1. The van der Waals surface area contributed by atoms with Crippen molar-refractivity contribution in [1.82, 2.24) is 9.80 Å². The number of hydrogen-bond acceptors (Lipinski definition) is 3. The summed E-state index contributed by atoms with van der Waals surface area (Å²) < 4.78 is 0. The lowest BCUT2D eigenvalue weighted by Crippen LogP contribution is -2.47. The van der Waals surface area contributed by atoms with E-state index in [1.165, 1.54) is 0 Å². The summed E-state index contributed by atoms with van der Waals surface area (Å²) in [5.74, 6) is 0.319. The molecule has 1 aromatic carbocycles. The average Bonchev–Trinajstić information content (AvgIpc) is 2.59. The molecule has 2 rings (SSSR count). The molecule has 0 aliphatic carbocycles. The van der Waals surface area contributed by atoms with Gasteiger partial charge in [0.1, 0.15) is 5.75 Å². The highest BCUT2D eigenvalue weighted by molar-refractivity contribution is 5.82. The quantitative estimate of drug-likeness (QED) is 0.902. The zero-order valence-electron chi connectivity index (χ0n) is 14.9. The van der Waals surface area contributed by atoms with Gasteiger partial charge in [-0.1, -0.05) is 26.0 Å². The van der Waals surface area contributed by atoms with Crippen molar-refractivity contribution in [3.63, 3.8) is 0 Å². The molecule has 0 aromatic heterocycles. The lowest BCUT2D eigenvalue weighted by molar-refractivity contribution is -0.142. The molecule has 5 nitrogen and oxygen atoms in total. The van der Waals surface area contributed by atoms with Crippen LogP contribution in [0.15, 0.2) is 24.3 Å². The second-order valence-electron chi connectivity index (χ2n) is 6.80. The molecule has 1 fully saturated rings.